The third-order valence-electron chi connectivity index (χ3n) is 3.63. The normalized spacial score (nSPS) is 12.0. The van der Waals surface area contributed by atoms with E-state index in [9.17, 15) is 0 Å². The predicted molar refractivity (Wildman–Crippen MR) is 91.5 cm³/mol. The molecule has 0 aliphatic heterocycles. The van der Waals surface area contributed by atoms with Gasteiger partial charge in [0.15, 0.2) is 11.5 Å². The van der Waals surface area contributed by atoms with E-state index in [0.29, 0.717) is 28.1 Å². The maximum Gasteiger partial charge on any atom is 0.160 e. The van der Waals surface area contributed by atoms with Crippen molar-refractivity contribution in [2.75, 3.05) is 20.8 Å². The van der Waals surface area contributed by atoms with Crippen LogP contribution in [0.15, 0.2) is 36.4 Å². The van der Waals surface area contributed by atoms with Gasteiger partial charge < -0.3 is 15.2 Å². The van der Waals surface area contributed by atoms with Crippen LogP contribution < -0.4 is 15.2 Å². The Morgan fingerprint density at radius 2 is 1.68 bits per heavy atom. The Labute approximate surface area is 140 Å². The zero-order valence-corrected chi connectivity index (χ0v) is 14.1. The summed E-state index contributed by atoms with van der Waals surface area (Å²) in [6, 6.07) is 11.5. The summed E-state index contributed by atoms with van der Waals surface area (Å²) < 4.78 is 10.6. The van der Waals surface area contributed by atoms with E-state index in [1.165, 1.54) is 0 Å². The first-order valence-electron chi connectivity index (χ1n) is 6.95. The molecule has 118 valence electrons. The summed E-state index contributed by atoms with van der Waals surface area (Å²) in [5.41, 5.74) is 8.15. The van der Waals surface area contributed by atoms with Crippen LogP contribution in [0.2, 0.25) is 10.0 Å². The summed E-state index contributed by atoms with van der Waals surface area (Å²) in [4.78, 5) is 0. The van der Waals surface area contributed by atoms with Gasteiger partial charge in [-0.25, -0.2) is 0 Å². The van der Waals surface area contributed by atoms with Gasteiger partial charge in [0.1, 0.15) is 0 Å². The third-order valence-corrected chi connectivity index (χ3v) is 4.37. The number of nitrogens with two attached hydrogens (primary N) is 1. The number of methoxy groups -OCH3 is 2. The molecular formula is C17H19Cl2NO2. The standard InChI is InChI=1S/C17H19Cl2NO2/c1-21-16-6-4-12(9-17(16)22-2)13(10-20)7-11-3-5-14(18)15(19)8-11/h3-6,8-9,13H,7,10,20H2,1-2H3. The molecule has 0 saturated heterocycles. The lowest BCUT2D eigenvalue weighted by atomic mass is 9.92. The molecule has 0 aliphatic rings. The fraction of sp³-hybridized carbons (Fsp3) is 0.294. The minimum atomic E-state index is 0.164. The molecule has 1 atom stereocenters. The smallest absolute Gasteiger partial charge is 0.160 e. The molecule has 1 unspecified atom stereocenters. The van der Waals surface area contributed by atoms with Crippen molar-refractivity contribution in [2.45, 2.75) is 12.3 Å². The van der Waals surface area contributed by atoms with Gasteiger partial charge in [0, 0.05) is 5.92 Å². The summed E-state index contributed by atoms with van der Waals surface area (Å²) in [7, 11) is 3.24. The minimum absolute atomic E-state index is 0.164. The Kier molecular flexibility index (Phi) is 5.95. The van der Waals surface area contributed by atoms with Gasteiger partial charge in [-0.15, -0.1) is 0 Å². The molecule has 2 aromatic carbocycles. The third kappa shape index (κ3) is 3.86. The average Bonchev–Trinajstić information content (AvgIpc) is 2.55. The molecule has 0 aromatic heterocycles. The van der Waals surface area contributed by atoms with Crippen molar-refractivity contribution >= 4 is 23.2 Å². The fourth-order valence-electron chi connectivity index (χ4n) is 2.40. The summed E-state index contributed by atoms with van der Waals surface area (Å²) in [5.74, 6) is 1.57. The zero-order chi connectivity index (χ0) is 16.1. The second-order valence-electron chi connectivity index (χ2n) is 5.00. The van der Waals surface area contributed by atoms with Crippen LogP contribution in [0.1, 0.15) is 17.0 Å². The van der Waals surface area contributed by atoms with Crippen molar-refractivity contribution in [1.29, 1.82) is 0 Å². The van der Waals surface area contributed by atoms with Crippen LogP contribution in [0.3, 0.4) is 0 Å². The molecule has 0 radical (unpaired) electrons. The number of benzene rings is 2. The van der Waals surface area contributed by atoms with Crippen molar-refractivity contribution in [3.63, 3.8) is 0 Å². The van der Waals surface area contributed by atoms with E-state index in [1.807, 2.05) is 30.3 Å². The summed E-state index contributed by atoms with van der Waals surface area (Å²) in [5, 5.41) is 1.11. The SMILES string of the molecule is COc1ccc(C(CN)Cc2ccc(Cl)c(Cl)c2)cc1OC. The van der Waals surface area contributed by atoms with E-state index in [1.54, 1.807) is 20.3 Å². The maximum atomic E-state index is 6.07. The quantitative estimate of drug-likeness (QED) is 0.853. The largest absolute Gasteiger partial charge is 0.493 e. The molecular weight excluding hydrogens is 321 g/mol. The first-order chi connectivity index (χ1) is 10.6. The minimum Gasteiger partial charge on any atom is -0.493 e. The molecule has 0 spiro atoms. The lowest BCUT2D eigenvalue weighted by Gasteiger charge is -2.18. The number of hydrogen-bond acceptors (Lipinski definition) is 3. The highest BCUT2D eigenvalue weighted by atomic mass is 35.5. The van der Waals surface area contributed by atoms with E-state index in [2.05, 4.69) is 0 Å². The van der Waals surface area contributed by atoms with Crippen LogP contribution in [-0.4, -0.2) is 20.8 Å². The van der Waals surface area contributed by atoms with Crippen LogP contribution in [0.5, 0.6) is 11.5 Å². The molecule has 2 rings (SSSR count). The van der Waals surface area contributed by atoms with E-state index >= 15 is 0 Å². The molecule has 2 aromatic rings. The van der Waals surface area contributed by atoms with Gasteiger partial charge in [0.25, 0.3) is 0 Å². The lowest BCUT2D eigenvalue weighted by molar-refractivity contribution is 0.354. The Morgan fingerprint density at radius 1 is 0.955 bits per heavy atom. The maximum absolute atomic E-state index is 6.07. The van der Waals surface area contributed by atoms with E-state index in [4.69, 9.17) is 38.4 Å². The van der Waals surface area contributed by atoms with Gasteiger partial charge in [-0.2, -0.15) is 0 Å². The Morgan fingerprint density at radius 3 is 2.27 bits per heavy atom. The van der Waals surface area contributed by atoms with Crippen molar-refractivity contribution in [3.8, 4) is 11.5 Å². The second-order valence-corrected chi connectivity index (χ2v) is 5.81. The fourth-order valence-corrected chi connectivity index (χ4v) is 2.72. The number of halogens is 2. The number of rotatable bonds is 6. The topological polar surface area (TPSA) is 44.5 Å². The first-order valence-corrected chi connectivity index (χ1v) is 7.70. The van der Waals surface area contributed by atoms with Gasteiger partial charge in [-0.1, -0.05) is 35.3 Å². The molecule has 0 bridgehead atoms. The average molecular weight is 340 g/mol. The van der Waals surface area contributed by atoms with E-state index < -0.39 is 0 Å². The number of hydrogen-bond donors (Lipinski definition) is 1. The van der Waals surface area contributed by atoms with Gasteiger partial charge in [-0.05, 0) is 48.4 Å². The zero-order valence-electron chi connectivity index (χ0n) is 12.6. The molecule has 22 heavy (non-hydrogen) atoms. The van der Waals surface area contributed by atoms with Crippen molar-refractivity contribution in [3.05, 3.63) is 57.6 Å². The van der Waals surface area contributed by atoms with Crippen LogP contribution in [0.25, 0.3) is 0 Å². The molecule has 3 nitrogen and oxygen atoms in total. The Hall–Kier alpha value is -1.42. The highest BCUT2D eigenvalue weighted by Crippen LogP contribution is 2.32. The molecule has 2 N–H and O–H groups in total. The van der Waals surface area contributed by atoms with Crippen LogP contribution in [-0.2, 0) is 6.42 Å². The summed E-state index contributed by atoms with van der Waals surface area (Å²) in [6.07, 6.45) is 0.781. The monoisotopic (exact) mass is 339 g/mol. The number of ether oxygens (including phenoxy) is 2. The highest BCUT2D eigenvalue weighted by Gasteiger charge is 2.14. The van der Waals surface area contributed by atoms with Gasteiger partial charge in [0.05, 0.1) is 24.3 Å². The second kappa shape index (κ2) is 7.73. The van der Waals surface area contributed by atoms with Crippen LogP contribution in [0.4, 0.5) is 0 Å². The van der Waals surface area contributed by atoms with Crippen molar-refractivity contribution in [2.24, 2.45) is 5.73 Å². The Bertz CT molecular complexity index is 647. The molecule has 0 saturated carbocycles. The van der Waals surface area contributed by atoms with Crippen LogP contribution in [0, 0.1) is 0 Å². The predicted octanol–water partition coefficient (Wildman–Crippen LogP) is 4.30. The molecule has 5 heteroatoms. The Balaban J connectivity index is 2.25. The van der Waals surface area contributed by atoms with Gasteiger partial charge in [0.2, 0.25) is 0 Å². The van der Waals surface area contributed by atoms with Gasteiger partial charge in [-0.3, -0.25) is 0 Å². The van der Waals surface area contributed by atoms with E-state index in [-0.39, 0.29) is 5.92 Å². The molecule has 0 amide bonds. The highest BCUT2D eigenvalue weighted by molar-refractivity contribution is 6.42. The summed E-state index contributed by atoms with van der Waals surface area (Å²) in [6.45, 7) is 0.524. The van der Waals surface area contributed by atoms with E-state index in [0.717, 1.165) is 17.5 Å². The summed E-state index contributed by atoms with van der Waals surface area (Å²) >= 11 is 12.0. The lowest BCUT2D eigenvalue weighted by Crippen LogP contribution is -2.15. The van der Waals surface area contributed by atoms with Crippen molar-refractivity contribution < 1.29 is 9.47 Å². The molecule has 0 aliphatic carbocycles. The van der Waals surface area contributed by atoms with Gasteiger partial charge >= 0.3 is 0 Å². The molecule has 0 heterocycles. The molecule has 0 fully saturated rings. The van der Waals surface area contributed by atoms with Crippen LogP contribution >= 0.6 is 23.2 Å². The van der Waals surface area contributed by atoms with Crippen molar-refractivity contribution in [1.82, 2.24) is 0 Å². The first kappa shape index (κ1) is 16.9.